The summed E-state index contributed by atoms with van der Waals surface area (Å²) in [6.45, 7) is 1.86. The lowest BCUT2D eigenvalue weighted by molar-refractivity contribution is 0.0600. The van der Waals surface area contributed by atoms with E-state index in [0.717, 1.165) is 5.56 Å². The molecule has 0 aliphatic rings. The van der Waals surface area contributed by atoms with Crippen molar-refractivity contribution in [2.24, 2.45) is 0 Å². The van der Waals surface area contributed by atoms with E-state index in [1.165, 1.54) is 7.11 Å². The molecule has 0 saturated heterocycles. The summed E-state index contributed by atoms with van der Waals surface area (Å²) in [5.41, 5.74) is 2.54. The van der Waals surface area contributed by atoms with Crippen LogP contribution in [0.15, 0.2) is 48.5 Å². The molecule has 2 aromatic rings. The summed E-state index contributed by atoms with van der Waals surface area (Å²) in [6, 6.07) is 13.8. The number of hydrogen-bond donors (Lipinski definition) is 2. The van der Waals surface area contributed by atoms with Crippen LogP contribution in [0.3, 0.4) is 0 Å². The molecule has 0 atom stereocenters. The summed E-state index contributed by atoms with van der Waals surface area (Å²) < 4.78 is 4.63. The van der Waals surface area contributed by atoms with Crippen molar-refractivity contribution in [1.82, 2.24) is 5.32 Å². The number of ether oxygens (including phenoxy) is 1. The van der Waals surface area contributed by atoms with Crippen molar-refractivity contribution in [3.63, 3.8) is 0 Å². The molecule has 0 aliphatic heterocycles. The number of nitrogens with one attached hydrogen (secondary N) is 2. The molecular formula is C17H16N2O3S. The van der Waals surface area contributed by atoms with E-state index in [-0.39, 0.29) is 11.0 Å². The molecule has 2 rings (SSSR count). The van der Waals surface area contributed by atoms with E-state index >= 15 is 0 Å². The number of carbonyl (C=O) groups is 2. The molecule has 0 saturated carbocycles. The number of anilines is 1. The van der Waals surface area contributed by atoms with Gasteiger partial charge in [-0.1, -0.05) is 18.2 Å². The van der Waals surface area contributed by atoms with Gasteiger partial charge >= 0.3 is 5.97 Å². The Labute approximate surface area is 139 Å². The molecule has 2 N–H and O–H groups in total. The summed E-state index contributed by atoms with van der Waals surface area (Å²) >= 11 is 5.13. The van der Waals surface area contributed by atoms with E-state index in [4.69, 9.17) is 12.2 Å². The Balaban J connectivity index is 1.98. The van der Waals surface area contributed by atoms with Gasteiger partial charge in [0.2, 0.25) is 0 Å². The van der Waals surface area contributed by atoms with Crippen LogP contribution in [-0.4, -0.2) is 24.1 Å². The van der Waals surface area contributed by atoms with Gasteiger partial charge in [-0.2, -0.15) is 0 Å². The minimum absolute atomic E-state index is 0.184. The minimum Gasteiger partial charge on any atom is -0.465 e. The second-order valence-corrected chi connectivity index (χ2v) is 5.20. The van der Waals surface area contributed by atoms with Gasteiger partial charge in [0, 0.05) is 11.3 Å². The lowest BCUT2D eigenvalue weighted by Crippen LogP contribution is -2.34. The first kappa shape index (κ1) is 16.6. The second kappa shape index (κ2) is 7.51. The number of benzene rings is 2. The van der Waals surface area contributed by atoms with Gasteiger partial charge in [0.1, 0.15) is 0 Å². The van der Waals surface area contributed by atoms with Crippen LogP contribution in [0.5, 0.6) is 0 Å². The largest absolute Gasteiger partial charge is 0.465 e. The molecule has 118 valence electrons. The fourth-order valence-corrected chi connectivity index (χ4v) is 2.18. The highest BCUT2D eigenvalue weighted by atomic mass is 32.1. The van der Waals surface area contributed by atoms with Gasteiger partial charge in [0.05, 0.1) is 12.7 Å². The number of rotatable bonds is 3. The second-order valence-electron chi connectivity index (χ2n) is 4.79. The van der Waals surface area contributed by atoms with Crippen molar-refractivity contribution in [3.8, 4) is 0 Å². The number of hydrogen-bond acceptors (Lipinski definition) is 4. The minimum atomic E-state index is -0.410. The Kier molecular flexibility index (Phi) is 5.43. The Bertz CT molecular complexity index is 742. The number of thiocarbonyl (C=S) groups is 1. The van der Waals surface area contributed by atoms with Crippen molar-refractivity contribution in [1.29, 1.82) is 0 Å². The van der Waals surface area contributed by atoms with E-state index in [9.17, 15) is 9.59 Å². The normalized spacial score (nSPS) is 9.83. The summed E-state index contributed by atoms with van der Waals surface area (Å²) in [5, 5.41) is 5.70. The van der Waals surface area contributed by atoms with E-state index in [1.807, 2.05) is 19.1 Å². The van der Waals surface area contributed by atoms with Crippen molar-refractivity contribution in [3.05, 3.63) is 65.2 Å². The molecular weight excluding hydrogens is 312 g/mol. The van der Waals surface area contributed by atoms with Crippen molar-refractivity contribution < 1.29 is 14.3 Å². The molecule has 0 spiro atoms. The Hall–Kier alpha value is -2.73. The van der Waals surface area contributed by atoms with Gasteiger partial charge in [0.15, 0.2) is 5.11 Å². The third kappa shape index (κ3) is 4.37. The van der Waals surface area contributed by atoms with Crippen LogP contribution in [0.25, 0.3) is 0 Å². The standard InChI is InChI=1S/C17H16N2O3S/c1-11-5-3-4-6-14(11)15(20)19-17(23)18-13-9-7-12(8-10-13)16(21)22-2/h3-10H,1-2H3,(H2,18,19,20,23). The van der Waals surface area contributed by atoms with Gasteiger partial charge in [-0.3, -0.25) is 10.1 Å². The van der Waals surface area contributed by atoms with Gasteiger partial charge in [0.25, 0.3) is 5.91 Å². The zero-order valence-electron chi connectivity index (χ0n) is 12.8. The summed E-state index contributed by atoms with van der Waals surface area (Å²) in [4.78, 5) is 23.5. The number of aryl methyl sites for hydroxylation is 1. The zero-order chi connectivity index (χ0) is 16.8. The van der Waals surface area contributed by atoms with Crippen LogP contribution in [0, 0.1) is 6.92 Å². The topological polar surface area (TPSA) is 67.4 Å². The fourth-order valence-electron chi connectivity index (χ4n) is 1.97. The average molecular weight is 328 g/mol. The van der Waals surface area contributed by atoms with Crippen molar-refractivity contribution in [2.75, 3.05) is 12.4 Å². The van der Waals surface area contributed by atoms with Crippen LogP contribution in [0.1, 0.15) is 26.3 Å². The van der Waals surface area contributed by atoms with E-state index in [2.05, 4.69) is 15.4 Å². The maximum Gasteiger partial charge on any atom is 0.337 e. The maximum absolute atomic E-state index is 12.1. The van der Waals surface area contributed by atoms with Crippen LogP contribution in [-0.2, 0) is 4.74 Å². The molecule has 0 fully saturated rings. The molecule has 0 aromatic heterocycles. The smallest absolute Gasteiger partial charge is 0.337 e. The molecule has 5 nitrogen and oxygen atoms in total. The first-order valence-corrected chi connectivity index (χ1v) is 7.28. The maximum atomic E-state index is 12.1. The first-order valence-electron chi connectivity index (χ1n) is 6.87. The number of amides is 1. The van der Waals surface area contributed by atoms with Crippen LogP contribution in [0.2, 0.25) is 0 Å². The van der Waals surface area contributed by atoms with Gasteiger partial charge in [-0.15, -0.1) is 0 Å². The number of esters is 1. The quantitative estimate of drug-likeness (QED) is 0.670. The number of carbonyl (C=O) groups excluding carboxylic acids is 2. The molecule has 23 heavy (non-hydrogen) atoms. The van der Waals surface area contributed by atoms with E-state index in [1.54, 1.807) is 36.4 Å². The Morgan fingerprint density at radius 3 is 2.30 bits per heavy atom. The van der Waals surface area contributed by atoms with Crippen LogP contribution >= 0.6 is 12.2 Å². The predicted octanol–water partition coefficient (Wildman–Crippen LogP) is 2.91. The van der Waals surface area contributed by atoms with Gasteiger partial charge in [-0.05, 0) is 55.0 Å². The summed E-state index contributed by atoms with van der Waals surface area (Å²) in [6.07, 6.45) is 0. The average Bonchev–Trinajstić information content (AvgIpc) is 2.55. The van der Waals surface area contributed by atoms with Crippen LogP contribution in [0.4, 0.5) is 5.69 Å². The lowest BCUT2D eigenvalue weighted by atomic mass is 10.1. The monoisotopic (exact) mass is 328 g/mol. The SMILES string of the molecule is COC(=O)c1ccc(NC(=S)NC(=O)c2ccccc2C)cc1. The fraction of sp³-hybridized carbons (Fsp3) is 0.118. The summed E-state index contributed by atoms with van der Waals surface area (Å²) in [7, 11) is 1.32. The predicted molar refractivity (Wildman–Crippen MR) is 92.6 cm³/mol. The third-order valence-corrected chi connectivity index (χ3v) is 3.38. The number of methoxy groups -OCH3 is 1. The highest BCUT2D eigenvalue weighted by Crippen LogP contribution is 2.11. The molecule has 2 aromatic carbocycles. The highest BCUT2D eigenvalue weighted by molar-refractivity contribution is 7.80. The first-order chi connectivity index (χ1) is 11.0. The molecule has 0 unspecified atom stereocenters. The molecule has 0 heterocycles. The molecule has 0 aliphatic carbocycles. The third-order valence-electron chi connectivity index (χ3n) is 3.18. The van der Waals surface area contributed by atoms with Crippen LogP contribution < -0.4 is 10.6 Å². The molecule has 6 heteroatoms. The zero-order valence-corrected chi connectivity index (χ0v) is 13.6. The Morgan fingerprint density at radius 1 is 1.04 bits per heavy atom. The van der Waals surface area contributed by atoms with Crippen molar-refractivity contribution in [2.45, 2.75) is 6.92 Å². The summed E-state index contributed by atoms with van der Waals surface area (Å²) in [5.74, 6) is -0.682. The van der Waals surface area contributed by atoms with Crippen molar-refractivity contribution >= 4 is 34.9 Å². The van der Waals surface area contributed by atoms with E-state index in [0.29, 0.717) is 16.8 Å². The molecule has 0 radical (unpaired) electrons. The lowest BCUT2D eigenvalue weighted by Gasteiger charge is -2.11. The van der Waals surface area contributed by atoms with Gasteiger partial charge in [-0.25, -0.2) is 4.79 Å². The van der Waals surface area contributed by atoms with Gasteiger partial charge < -0.3 is 10.1 Å². The molecule has 0 bridgehead atoms. The Morgan fingerprint density at radius 2 is 1.70 bits per heavy atom. The highest BCUT2D eigenvalue weighted by Gasteiger charge is 2.10. The molecule has 1 amide bonds. The van der Waals surface area contributed by atoms with E-state index < -0.39 is 5.97 Å².